The van der Waals surface area contributed by atoms with Gasteiger partial charge in [-0.15, -0.1) is 10.2 Å². The number of aliphatic hydroxyl groups is 1. The minimum Gasteiger partial charge on any atom is -0.388 e. The van der Waals surface area contributed by atoms with Gasteiger partial charge in [0.1, 0.15) is 6.33 Å². The Bertz CT molecular complexity index is 657. The largest absolute Gasteiger partial charge is 0.388 e. The van der Waals surface area contributed by atoms with Crippen LogP contribution in [0.4, 0.5) is 5.82 Å². The number of β-amino-alcohol motifs (C(OH)–C–C–N with tert-alkyl or cyclic N) is 1. The van der Waals surface area contributed by atoms with Crippen LogP contribution in [0.3, 0.4) is 0 Å². The first-order chi connectivity index (χ1) is 10.1. The molecule has 0 spiro atoms. The maximum Gasteiger partial charge on any atom is 0.222 e. The number of carbonyl (C=O) groups is 1. The molecule has 2 aromatic heterocycles. The first kappa shape index (κ1) is 13.7. The molecule has 1 unspecified atom stereocenters. The first-order valence-electron chi connectivity index (χ1n) is 6.93. The Morgan fingerprint density at radius 3 is 3.24 bits per heavy atom. The molecule has 0 radical (unpaired) electrons. The van der Waals surface area contributed by atoms with Crippen molar-refractivity contribution in [1.82, 2.24) is 24.9 Å². The second-order valence-corrected chi connectivity index (χ2v) is 5.41. The smallest absolute Gasteiger partial charge is 0.222 e. The molecule has 8 nitrogen and oxygen atoms in total. The lowest BCUT2D eigenvalue weighted by molar-refractivity contribution is -0.125. The van der Waals surface area contributed by atoms with E-state index in [0.717, 1.165) is 13.0 Å². The summed E-state index contributed by atoms with van der Waals surface area (Å²) in [5, 5.41) is 21.2. The van der Waals surface area contributed by atoms with Crippen LogP contribution >= 0.6 is 0 Å². The topological polar surface area (TPSA) is 95.7 Å². The van der Waals surface area contributed by atoms with E-state index < -0.39 is 5.60 Å². The zero-order chi connectivity index (χ0) is 14.9. The quantitative estimate of drug-likeness (QED) is 0.798. The van der Waals surface area contributed by atoms with Gasteiger partial charge in [0.25, 0.3) is 0 Å². The Morgan fingerprint density at radius 1 is 1.57 bits per heavy atom. The van der Waals surface area contributed by atoms with E-state index in [1.807, 2.05) is 4.90 Å². The first-order valence-corrected chi connectivity index (χ1v) is 6.93. The normalized spacial score (nSPS) is 22.5. The summed E-state index contributed by atoms with van der Waals surface area (Å²) in [7, 11) is 1.57. The van der Waals surface area contributed by atoms with Crippen LogP contribution in [0.5, 0.6) is 0 Å². The van der Waals surface area contributed by atoms with Gasteiger partial charge in [-0.3, -0.25) is 9.20 Å². The standard InChI is InChI=1S/C13H18N6O2/c1-14-10(20)7-13(21)3-2-5-18(8-13)11-12-17-16-9-19(12)6-4-15-11/h4,6,9,21H,2-3,5,7-8H2,1H3,(H,14,20). The van der Waals surface area contributed by atoms with Gasteiger partial charge in [0, 0.05) is 32.5 Å². The highest BCUT2D eigenvalue weighted by atomic mass is 16.3. The number of hydrogen-bond acceptors (Lipinski definition) is 6. The molecule has 21 heavy (non-hydrogen) atoms. The van der Waals surface area contributed by atoms with Crippen LogP contribution < -0.4 is 10.2 Å². The molecule has 2 aromatic rings. The number of nitrogens with one attached hydrogen (secondary N) is 1. The molecule has 1 atom stereocenters. The van der Waals surface area contributed by atoms with Gasteiger partial charge in [0.2, 0.25) is 11.6 Å². The van der Waals surface area contributed by atoms with Gasteiger partial charge < -0.3 is 15.3 Å². The third-order valence-corrected chi connectivity index (χ3v) is 3.82. The molecule has 1 fully saturated rings. The number of amides is 1. The highest BCUT2D eigenvalue weighted by Gasteiger charge is 2.36. The van der Waals surface area contributed by atoms with Gasteiger partial charge in [0.15, 0.2) is 5.82 Å². The van der Waals surface area contributed by atoms with Crippen molar-refractivity contribution in [2.45, 2.75) is 24.9 Å². The lowest BCUT2D eigenvalue weighted by Gasteiger charge is -2.39. The fourth-order valence-corrected chi connectivity index (χ4v) is 2.79. The van der Waals surface area contributed by atoms with Crippen molar-refractivity contribution in [3.63, 3.8) is 0 Å². The van der Waals surface area contributed by atoms with Crippen molar-refractivity contribution in [2.24, 2.45) is 0 Å². The molecule has 0 aromatic carbocycles. The monoisotopic (exact) mass is 290 g/mol. The van der Waals surface area contributed by atoms with E-state index in [4.69, 9.17) is 0 Å². The van der Waals surface area contributed by atoms with E-state index in [9.17, 15) is 9.90 Å². The van der Waals surface area contributed by atoms with E-state index in [-0.39, 0.29) is 12.3 Å². The summed E-state index contributed by atoms with van der Waals surface area (Å²) in [6.45, 7) is 1.13. The maximum absolute atomic E-state index is 11.6. The highest BCUT2D eigenvalue weighted by molar-refractivity contribution is 5.77. The second kappa shape index (κ2) is 5.28. The van der Waals surface area contributed by atoms with Crippen molar-refractivity contribution in [1.29, 1.82) is 0 Å². The minimum atomic E-state index is -1.03. The number of piperidine rings is 1. The van der Waals surface area contributed by atoms with Crippen molar-refractivity contribution in [3.8, 4) is 0 Å². The molecule has 3 rings (SSSR count). The van der Waals surface area contributed by atoms with E-state index in [1.165, 1.54) is 0 Å². The van der Waals surface area contributed by atoms with Crippen molar-refractivity contribution in [2.75, 3.05) is 25.0 Å². The van der Waals surface area contributed by atoms with Crippen LogP contribution in [0.2, 0.25) is 0 Å². The third-order valence-electron chi connectivity index (χ3n) is 3.82. The number of carbonyl (C=O) groups excluding carboxylic acids is 1. The van der Waals surface area contributed by atoms with Crippen molar-refractivity contribution < 1.29 is 9.90 Å². The van der Waals surface area contributed by atoms with Crippen molar-refractivity contribution in [3.05, 3.63) is 18.7 Å². The molecule has 0 bridgehead atoms. The van der Waals surface area contributed by atoms with Gasteiger partial charge in [-0.2, -0.15) is 0 Å². The lowest BCUT2D eigenvalue weighted by Crippen LogP contribution is -2.50. The van der Waals surface area contributed by atoms with Crippen LogP contribution in [0.15, 0.2) is 18.7 Å². The lowest BCUT2D eigenvalue weighted by atomic mass is 9.89. The van der Waals surface area contributed by atoms with E-state index in [0.29, 0.717) is 24.4 Å². The van der Waals surface area contributed by atoms with E-state index >= 15 is 0 Å². The number of anilines is 1. The Morgan fingerprint density at radius 2 is 2.43 bits per heavy atom. The van der Waals surface area contributed by atoms with Crippen LogP contribution in [0.25, 0.3) is 5.65 Å². The predicted octanol–water partition coefficient (Wildman–Crippen LogP) is -0.408. The molecule has 1 amide bonds. The van der Waals surface area contributed by atoms with Crippen LogP contribution in [0.1, 0.15) is 19.3 Å². The third kappa shape index (κ3) is 2.66. The summed E-state index contributed by atoms with van der Waals surface area (Å²) in [6, 6.07) is 0. The summed E-state index contributed by atoms with van der Waals surface area (Å²) >= 11 is 0. The van der Waals surface area contributed by atoms with E-state index in [2.05, 4.69) is 20.5 Å². The number of rotatable bonds is 3. The molecule has 8 heteroatoms. The zero-order valence-electron chi connectivity index (χ0n) is 11.9. The van der Waals surface area contributed by atoms with Gasteiger partial charge in [0.05, 0.1) is 12.0 Å². The molecule has 0 aliphatic carbocycles. The summed E-state index contributed by atoms with van der Waals surface area (Å²) in [6.07, 6.45) is 6.56. The fourth-order valence-electron chi connectivity index (χ4n) is 2.79. The Labute approximate surface area is 121 Å². The van der Waals surface area contributed by atoms with Crippen LogP contribution in [0, 0.1) is 0 Å². The molecular weight excluding hydrogens is 272 g/mol. The highest BCUT2D eigenvalue weighted by Crippen LogP contribution is 2.28. The van der Waals surface area contributed by atoms with Crippen LogP contribution in [-0.4, -0.2) is 56.3 Å². The second-order valence-electron chi connectivity index (χ2n) is 5.41. The Kier molecular flexibility index (Phi) is 3.46. The Balaban J connectivity index is 1.86. The molecule has 1 aliphatic rings. The Hall–Kier alpha value is -2.22. The molecule has 0 saturated carbocycles. The molecular formula is C13H18N6O2. The average Bonchev–Trinajstić information content (AvgIpc) is 2.95. The van der Waals surface area contributed by atoms with Gasteiger partial charge in [-0.25, -0.2) is 4.98 Å². The fraction of sp³-hybridized carbons (Fsp3) is 0.538. The number of aromatic nitrogens is 4. The number of hydrogen-bond donors (Lipinski definition) is 2. The summed E-state index contributed by atoms with van der Waals surface area (Å²) < 4.78 is 1.79. The van der Waals surface area contributed by atoms with Gasteiger partial charge >= 0.3 is 0 Å². The maximum atomic E-state index is 11.6. The SMILES string of the molecule is CNC(=O)CC1(O)CCCN(c2nccn3cnnc23)C1. The van der Waals surface area contributed by atoms with Crippen molar-refractivity contribution >= 4 is 17.4 Å². The number of nitrogens with zero attached hydrogens (tertiary/aromatic N) is 5. The van der Waals surface area contributed by atoms with Crippen LogP contribution in [-0.2, 0) is 4.79 Å². The van der Waals surface area contributed by atoms with Gasteiger partial charge in [-0.05, 0) is 12.8 Å². The summed E-state index contributed by atoms with van der Waals surface area (Å²) in [5.41, 5.74) is -0.380. The van der Waals surface area contributed by atoms with E-state index in [1.54, 1.807) is 30.2 Å². The van der Waals surface area contributed by atoms with Gasteiger partial charge in [-0.1, -0.05) is 0 Å². The predicted molar refractivity (Wildman–Crippen MR) is 75.9 cm³/mol. The molecule has 1 saturated heterocycles. The zero-order valence-corrected chi connectivity index (χ0v) is 11.9. The number of fused-ring (bicyclic) bond motifs is 1. The summed E-state index contributed by atoms with van der Waals surface area (Å²) in [4.78, 5) is 17.9. The summed E-state index contributed by atoms with van der Waals surface area (Å²) in [5.74, 6) is 0.526. The molecule has 3 heterocycles. The molecule has 1 aliphatic heterocycles. The average molecular weight is 290 g/mol. The minimum absolute atomic E-state index is 0.0931. The molecule has 112 valence electrons. The molecule has 2 N–H and O–H groups in total.